The molecule has 4 aromatic rings. The van der Waals surface area contributed by atoms with E-state index in [-0.39, 0.29) is 11.4 Å². The van der Waals surface area contributed by atoms with Crippen LogP contribution in [0.4, 0.5) is 15.8 Å². The van der Waals surface area contributed by atoms with Crippen LogP contribution in [0.3, 0.4) is 0 Å². The smallest absolute Gasteiger partial charge is 0.275 e. The van der Waals surface area contributed by atoms with Gasteiger partial charge in [-0.05, 0) is 55.2 Å². The number of nitrogens with one attached hydrogen (secondary N) is 1. The summed E-state index contributed by atoms with van der Waals surface area (Å²) in [6, 6.07) is 13.0. The maximum Gasteiger partial charge on any atom is 0.275 e. The van der Waals surface area contributed by atoms with E-state index in [4.69, 9.17) is 5.73 Å². The van der Waals surface area contributed by atoms with Gasteiger partial charge in [-0.2, -0.15) is 0 Å². The number of nitrogen functional groups attached to an aromatic ring is 1. The molecule has 0 aliphatic rings. The lowest BCUT2D eigenvalue weighted by molar-refractivity contribution is 0.102. The van der Waals surface area contributed by atoms with Crippen LogP contribution in [-0.4, -0.2) is 20.9 Å². The Kier molecular flexibility index (Phi) is 6.63. The lowest BCUT2D eigenvalue weighted by Crippen LogP contribution is -2.17. The maximum absolute atomic E-state index is 15.2. The largest absolute Gasteiger partial charge is 0.396 e. The van der Waals surface area contributed by atoms with Crippen LogP contribution < -0.4 is 11.1 Å². The fourth-order valence-corrected chi connectivity index (χ4v) is 4.12. The molecule has 2 aromatic heterocycles. The minimum atomic E-state index is -0.538. The van der Waals surface area contributed by atoms with Gasteiger partial charge < -0.3 is 11.1 Å². The number of benzene rings is 2. The fraction of sp³-hybridized carbons (Fsp3) is 0.185. The number of carbonyl (C=O) groups is 1. The Balaban J connectivity index is 1.93. The third-order valence-corrected chi connectivity index (χ3v) is 5.72. The van der Waals surface area contributed by atoms with E-state index in [0.29, 0.717) is 23.2 Å². The quantitative estimate of drug-likeness (QED) is 0.386. The molecule has 0 aliphatic heterocycles. The van der Waals surface area contributed by atoms with Crippen LogP contribution in [0.1, 0.15) is 45.5 Å². The second kappa shape index (κ2) is 9.79. The molecule has 3 N–H and O–H groups in total. The van der Waals surface area contributed by atoms with E-state index in [2.05, 4.69) is 27.2 Å². The summed E-state index contributed by atoms with van der Waals surface area (Å²) in [6.45, 7) is 5.82. The van der Waals surface area contributed by atoms with E-state index >= 15 is 4.39 Å². The predicted molar refractivity (Wildman–Crippen MR) is 132 cm³/mol. The third-order valence-electron chi connectivity index (χ3n) is 5.72. The summed E-state index contributed by atoms with van der Waals surface area (Å²) in [7, 11) is 0. The van der Waals surface area contributed by atoms with Crippen molar-refractivity contribution in [1.29, 1.82) is 0 Å². The molecule has 6 nitrogen and oxygen atoms in total. The number of pyridine rings is 1. The van der Waals surface area contributed by atoms with Crippen LogP contribution in [0.5, 0.6) is 0 Å². The average molecular weight is 456 g/mol. The van der Waals surface area contributed by atoms with Gasteiger partial charge in [0.25, 0.3) is 5.91 Å². The van der Waals surface area contributed by atoms with Gasteiger partial charge in [0.2, 0.25) is 0 Å². The normalized spacial score (nSPS) is 10.8. The Hall–Kier alpha value is -4.13. The minimum Gasteiger partial charge on any atom is -0.396 e. The van der Waals surface area contributed by atoms with Gasteiger partial charge in [-0.3, -0.25) is 14.8 Å². The number of hydrogen-bond acceptors (Lipinski definition) is 5. The molecule has 0 radical (unpaired) electrons. The number of hydrogen-bond donors (Lipinski definition) is 2. The number of rotatable bonds is 6. The first-order valence-electron chi connectivity index (χ1n) is 11.1. The van der Waals surface area contributed by atoms with Crippen molar-refractivity contribution in [2.24, 2.45) is 0 Å². The van der Waals surface area contributed by atoms with E-state index in [1.807, 2.05) is 50.2 Å². The second-order valence-corrected chi connectivity index (χ2v) is 8.16. The molecule has 172 valence electrons. The highest BCUT2D eigenvalue weighted by Crippen LogP contribution is 2.38. The predicted octanol–water partition coefficient (Wildman–Crippen LogP) is 5.28. The fourth-order valence-electron chi connectivity index (χ4n) is 4.12. The summed E-state index contributed by atoms with van der Waals surface area (Å²) >= 11 is 0. The van der Waals surface area contributed by atoms with Gasteiger partial charge in [-0.25, -0.2) is 9.37 Å². The Bertz CT molecular complexity index is 1330. The van der Waals surface area contributed by atoms with Gasteiger partial charge in [-0.1, -0.05) is 31.2 Å². The van der Waals surface area contributed by atoms with Crippen LogP contribution in [0.25, 0.3) is 11.1 Å². The molecule has 0 fully saturated rings. The van der Waals surface area contributed by atoms with E-state index in [0.717, 1.165) is 34.5 Å². The molecule has 34 heavy (non-hydrogen) atoms. The summed E-state index contributed by atoms with van der Waals surface area (Å²) in [5.74, 6) is -0.989. The number of amides is 1. The van der Waals surface area contributed by atoms with Gasteiger partial charge >= 0.3 is 0 Å². The van der Waals surface area contributed by atoms with E-state index in [9.17, 15) is 4.79 Å². The number of anilines is 2. The number of nitrogens with zero attached hydrogens (tertiary/aromatic N) is 3. The molecule has 4 rings (SSSR count). The molecule has 2 aromatic carbocycles. The first-order chi connectivity index (χ1) is 16.4. The van der Waals surface area contributed by atoms with Crippen molar-refractivity contribution >= 4 is 17.3 Å². The van der Waals surface area contributed by atoms with E-state index in [1.165, 1.54) is 24.7 Å². The van der Waals surface area contributed by atoms with E-state index in [1.54, 1.807) is 0 Å². The summed E-state index contributed by atoms with van der Waals surface area (Å²) in [5, 5.41) is 2.95. The Labute approximate surface area is 198 Å². The molecule has 0 bridgehead atoms. The zero-order chi connectivity index (χ0) is 24.2. The maximum atomic E-state index is 15.2. The van der Waals surface area contributed by atoms with Crippen LogP contribution in [-0.2, 0) is 12.8 Å². The van der Waals surface area contributed by atoms with Crippen molar-refractivity contribution < 1.29 is 9.18 Å². The zero-order valence-electron chi connectivity index (χ0n) is 19.4. The highest BCUT2D eigenvalue weighted by molar-refractivity contribution is 6.06. The van der Waals surface area contributed by atoms with Gasteiger partial charge in [0.05, 0.1) is 17.6 Å². The first-order valence-corrected chi connectivity index (χ1v) is 11.1. The van der Waals surface area contributed by atoms with Gasteiger partial charge in [0.1, 0.15) is 11.5 Å². The second-order valence-electron chi connectivity index (χ2n) is 8.16. The van der Waals surface area contributed by atoms with Gasteiger partial charge in [0.15, 0.2) is 0 Å². The molecule has 2 heterocycles. The molecule has 7 heteroatoms. The summed E-state index contributed by atoms with van der Waals surface area (Å²) in [4.78, 5) is 25.6. The van der Waals surface area contributed by atoms with Crippen molar-refractivity contribution in [1.82, 2.24) is 15.0 Å². The summed E-state index contributed by atoms with van der Waals surface area (Å²) in [6.07, 6.45) is 5.51. The van der Waals surface area contributed by atoms with Crippen LogP contribution in [0.2, 0.25) is 0 Å². The van der Waals surface area contributed by atoms with Crippen molar-refractivity contribution in [2.45, 2.75) is 33.6 Å². The molecule has 0 unspecified atom stereocenters. The van der Waals surface area contributed by atoms with Crippen molar-refractivity contribution in [3.8, 4) is 11.1 Å². The molecular weight excluding hydrogens is 429 g/mol. The standard InChI is InChI=1S/C27H26FN5O/c1-4-18-7-5-6-8-19(18)13-22-25(29)23(28)14-21(20-11-16(2)32-17(3)12-20)26(22)33-27(34)24-15-30-9-10-31-24/h5-12,14-15H,4,13,29H2,1-3H3,(H,33,34). The monoisotopic (exact) mass is 455 g/mol. The lowest BCUT2D eigenvalue weighted by atomic mass is 9.92. The van der Waals surface area contributed by atoms with Crippen molar-refractivity contribution in [3.63, 3.8) is 0 Å². The van der Waals surface area contributed by atoms with E-state index < -0.39 is 11.7 Å². The van der Waals surface area contributed by atoms with Crippen molar-refractivity contribution in [2.75, 3.05) is 11.1 Å². The van der Waals surface area contributed by atoms with Crippen molar-refractivity contribution in [3.05, 3.63) is 101 Å². The Morgan fingerprint density at radius 2 is 1.76 bits per heavy atom. The SMILES string of the molecule is CCc1ccccc1Cc1c(N)c(F)cc(-c2cc(C)nc(C)c2)c1NC(=O)c1cnccn1. The number of aryl methyl sites for hydroxylation is 3. The molecule has 0 saturated carbocycles. The van der Waals surface area contributed by atoms with Gasteiger partial charge in [-0.15, -0.1) is 0 Å². The summed E-state index contributed by atoms with van der Waals surface area (Å²) in [5.41, 5.74) is 12.4. The molecule has 0 atom stereocenters. The third kappa shape index (κ3) is 4.78. The first kappa shape index (κ1) is 23.0. The number of carbonyl (C=O) groups excluding carboxylic acids is 1. The number of nitrogens with two attached hydrogens (primary N) is 1. The molecule has 1 amide bonds. The molecule has 0 saturated heterocycles. The summed E-state index contributed by atoms with van der Waals surface area (Å²) < 4.78 is 15.2. The van der Waals surface area contributed by atoms with Gasteiger partial charge in [0, 0.05) is 41.3 Å². The lowest BCUT2D eigenvalue weighted by Gasteiger charge is -2.20. The molecule has 0 spiro atoms. The van der Waals surface area contributed by atoms with Crippen LogP contribution in [0.15, 0.2) is 61.1 Å². The molecular formula is C27H26FN5O. The molecule has 0 aliphatic carbocycles. The Morgan fingerprint density at radius 3 is 2.41 bits per heavy atom. The number of aromatic nitrogens is 3. The highest BCUT2D eigenvalue weighted by Gasteiger charge is 2.22. The zero-order valence-corrected chi connectivity index (χ0v) is 19.4. The topological polar surface area (TPSA) is 93.8 Å². The van der Waals surface area contributed by atoms with Crippen LogP contribution >= 0.6 is 0 Å². The highest BCUT2D eigenvalue weighted by atomic mass is 19.1. The average Bonchev–Trinajstić information content (AvgIpc) is 2.83. The Morgan fingerprint density at radius 1 is 1.06 bits per heavy atom. The number of halogens is 1. The van der Waals surface area contributed by atoms with Crippen LogP contribution in [0, 0.1) is 19.7 Å². The minimum absolute atomic E-state index is 0.00611.